The predicted molar refractivity (Wildman–Crippen MR) is 105 cm³/mol. The number of benzene rings is 1. The predicted octanol–water partition coefficient (Wildman–Crippen LogP) is 2.63. The molecule has 0 unspecified atom stereocenters. The minimum absolute atomic E-state index is 0.122. The molecule has 1 saturated carbocycles. The van der Waals surface area contributed by atoms with E-state index in [0.29, 0.717) is 0 Å². The van der Waals surface area contributed by atoms with E-state index in [1.54, 1.807) is 16.4 Å². The Morgan fingerprint density at radius 2 is 1.65 bits per heavy atom. The number of rotatable bonds is 5. The lowest BCUT2D eigenvalue weighted by Gasteiger charge is -2.33. The van der Waals surface area contributed by atoms with Crippen molar-refractivity contribution in [2.24, 2.45) is 0 Å². The van der Waals surface area contributed by atoms with Gasteiger partial charge in [-0.3, -0.25) is 4.84 Å². The molecule has 146 valence electrons. The standard InChI is InChI=1S/C19H31N3O3S/c1-20(2)16-12-10-15(11-13-16)19-18(14-25-21(19)3)26(23,24)22(4)17-8-6-5-7-9-17/h10-13,17-19H,5-9,14H2,1-4H3/t18-,19-/m1/s1. The van der Waals surface area contributed by atoms with E-state index in [-0.39, 0.29) is 18.7 Å². The van der Waals surface area contributed by atoms with Gasteiger partial charge in [-0.1, -0.05) is 31.4 Å². The Labute approximate surface area is 157 Å². The third-order valence-corrected chi connectivity index (χ3v) is 8.07. The van der Waals surface area contributed by atoms with Gasteiger partial charge in [-0.25, -0.2) is 12.7 Å². The van der Waals surface area contributed by atoms with Gasteiger partial charge in [0.1, 0.15) is 5.25 Å². The minimum atomic E-state index is -3.44. The summed E-state index contributed by atoms with van der Waals surface area (Å²) in [5.74, 6) is 0. The average Bonchev–Trinajstić information content (AvgIpc) is 3.04. The summed E-state index contributed by atoms with van der Waals surface area (Å²) in [6.45, 7) is 0.204. The number of hydrogen-bond acceptors (Lipinski definition) is 5. The molecule has 1 saturated heterocycles. The lowest BCUT2D eigenvalue weighted by molar-refractivity contribution is -0.110. The van der Waals surface area contributed by atoms with Crippen LogP contribution in [0.1, 0.15) is 43.7 Å². The molecular formula is C19H31N3O3S. The van der Waals surface area contributed by atoms with Gasteiger partial charge in [-0.2, -0.15) is 5.06 Å². The first-order chi connectivity index (χ1) is 12.3. The van der Waals surface area contributed by atoms with Gasteiger partial charge < -0.3 is 4.90 Å². The molecule has 0 spiro atoms. The SMILES string of the molecule is CN(C)c1ccc([C@@H]2[C@H](S(=O)(=O)N(C)C3CCCCC3)CON2C)cc1. The van der Waals surface area contributed by atoms with Crippen molar-refractivity contribution < 1.29 is 13.3 Å². The van der Waals surface area contributed by atoms with Gasteiger partial charge in [-0.15, -0.1) is 0 Å². The van der Waals surface area contributed by atoms with Crippen LogP contribution in [0.25, 0.3) is 0 Å². The number of anilines is 1. The highest BCUT2D eigenvalue weighted by Gasteiger charge is 2.46. The van der Waals surface area contributed by atoms with Crippen LogP contribution in [-0.4, -0.2) is 63.9 Å². The van der Waals surface area contributed by atoms with Crippen molar-refractivity contribution in [2.45, 2.75) is 49.4 Å². The molecule has 1 aliphatic heterocycles. The Balaban J connectivity index is 1.85. The third kappa shape index (κ3) is 3.76. The Bertz CT molecular complexity index is 699. The average molecular weight is 382 g/mol. The summed E-state index contributed by atoms with van der Waals surface area (Å²) in [4.78, 5) is 7.68. The van der Waals surface area contributed by atoms with E-state index >= 15 is 0 Å². The molecule has 2 atom stereocenters. The molecule has 1 aliphatic carbocycles. The number of sulfonamides is 1. The lowest BCUT2D eigenvalue weighted by Crippen LogP contribution is -2.45. The van der Waals surface area contributed by atoms with Gasteiger partial charge in [0.25, 0.3) is 0 Å². The van der Waals surface area contributed by atoms with Crippen molar-refractivity contribution in [1.29, 1.82) is 0 Å². The van der Waals surface area contributed by atoms with E-state index in [0.717, 1.165) is 36.9 Å². The highest BCUT2D eigenvalue weighted by atomic mass is 32.2. The summed E-state index contributed by atoms with van der Waals surface area (Å²) in [5.41, 5.74) is 2.07. The summed E-state index contributed by atoms with van der Waals surface area (Å²) in [6, 6.07) is 7.90. The molecule has 0 aromatic heterocycles. The second kappa shape index (κ2) is 7.84. The van der Waals surface area contributed by atoms with E-state index < -0.39 is 15.3 Å². The van der Waals surface area contributed by atoms with Crippen molar-refractivity contribution in [2.75, 3.05) is 39.7 Å². The highest BCUT2D eigenvalue weighted by Crippen LogP contribution is 2.36. The van der Waals surface area contributed by atoms with Crippen LogP contribution in [0, 0.1) is 0 Å². The molecule has 1 heterocycles. The Morgan fingerprint density at radius 3 is 2.23 bits per heavy atom. The van der Waals surface area contributed by atoms with Crippen LogP contribution in [0.2, 0.25) is 0 Å². The lowest BCUT2D eigenvalue weighted by atomic mass is 9.96. The van der Waals surface area contributed by atoms with Crippen LogP contribution in [0.4, 0.5) is 5.69 Å². The third-order valence-electron chi connectivity index (χ3n) is 5.81. The van der Waals surface area contributed by atoms with E-state index in [4.69, 9.17) is 4.84 Å². The molecule has 0 amide bonds. The molecule has 26 heavy (non-hydrogen) atoms. The zero-order chi connectivity index (χ0) is 18.9. The van der Waals surface area contributed by atoms with Crippen molar-refractivity contribution in [1.82, 2.24) is 9.37 Å². The van der Waals surface area contributed by atoms with Crippen LogP contribution >= 0.6 is 0 Å². The Hall–Kier alpha value is -1.15. The molecule has 1 aromatic carbocycles. The van der Waals surface area contributed by atoms with E-state index in [9.17, 15) is 8.42 Å². The summed E-state index contributed by atoms with van der Waals surface area (Å²) < 4.78 is 28.3. The number of nitrogens with zero attached hydrogens (tertiary/aromatic N) is 3. The number of hydrogen-bond donors (Lipinski definition) is 0. The molecule has 3 rings (SSSR count). The highest BCUT2D eigenvalue weighted by molar-refractivity contribution is 7.89. The second-order valence-electron chi connectivity index (χ2n) is 7.66. The first kappa shape index (κ1) is 19.6. The van der Waals surface area contributed by atoms with Crippen molar-refractivity contribution in [3.8, 4) is 0 Å². The monoisotopic (exact) mass is 381 g/mol. The maximum atomic E-state index is 13.3. The van der Waals surface area contributed by atoms with Crippen molar-refractivity contribution in [3.63, 3.8) is 0 Å². The molecular weight excluding hydrogens is 350 g/mol. The quantitative estimate of drug-likeness (QED) is 0.785. The van der Waals surface area contributed by atoms with Gasteiger partial charge in [0.2, 0.25) is 10.0 Å². The largest absolute Gasteiger partial charge is 0.378 e. The van der Waals surface area contributed by atoms with Gasteiger partial charge >= 0.3 is 0 Å². The summed E-state index contributed by atoms with van der Waals surface area (Å²) in [5, 5.41) is 1.12. The fourth-order valence-corrected chi connectivity index (χ4v) is 6.05. The molecule has 7 heteroatoms. The Morgan fingerprint density at radius 1 is 1.04 bits per heavy atom. The molecule has 2 fully saturated rings. The second-order valence-corrected chi connectivity index (χ2v) is 9.88. The molecule has 0 radical (unpaired) electrons. The van der Waals surface area contributed by atoms with E-state index in [2.05, 4.69) is 0 Å². The summed E-state index contributed by atoms with van der Waals surface area (Å²) in [7, 11) is 4.11. The molecule has 0 bridgehead atoms. The maximum absolute atomic E-state index is 13.3. The molecule has 1 aromatic rings. The fraction of sp³-hybridized carbons (Fsp3) is 0.684. The molecule has 0 N–H and O–H groups in total. The number of hydroxylamine groups is 2. The van der Waals surface area contributed by atoms with Crippen molar-refractivity contribution >= 4 is 15.7 Å². The molecule has 2 aliphatic rings. The minimum Gasteiger partial charge on any atom is -0.378 e. The molecule has 6 nitrogen and oxygen atoms in total. The summed E-state index contributed by atoms with van der Waals surface area (Å²) >= 11 is 0. The van der Waals surface area contributed by atoms with Crippen LogP contribution in [0.3, 0.4) is 0 Å². The van der Waals surface area contributed by atoms with Crippen molar-refractivity contribution in [3.05, 3.63) is 29.8 Å². The topological polar surface area (TPSA) is 53.1 Å². The zero-order valence-corrected chi connectivity index (χ0v) is 17.1. The van der Waals surface area contributed by atoms with Crippen LogP contribution in [0.15, 0.2) is 24.3 Å². The van der Waals surface area contributed by atoms with E-state index in [1.807, 2.05) is 50.3 Å². The zero-order valence-electron chi connectivity index (χ0n) is 16.3. The Kier molecular flexibility index (Phi) is 5.91. The van der Waals surface area contributed by atoms with Gasteiger partial charge in [0, 0.05) is 39.9 Å². The van der Waals surface area contributed by atoms with Crippen LogP contribution < -0.4 is 4.90 Å². The van der Waals surface area contributed by atoms with Gasteiger partial charge in [0.15, 0.2) is 0 Å². The maximum Gasteiger partial charge on any atom is 0.221 e. The smallest absolute Gasteiger partial charge is 0.221 e. The van der Waals surface area contributed by atoms with Crippen LogP contribution in [0.5, 0.6) is 0 Å². The van der Waals surface area contributed by atoms with Gasteiger partial charge in [-0.05, 0) is 30.5 Å². The normalized spacial score (nSPS) is 25.7. The fourth-order valence-electron chi connectivity index (χ4n) is 4.11. The first-order valence-corrected chi connectivity index (χ1v) is 10.9. The van der Waals surface area contributed by atoms with Gasteiger partial charge in [0.05, 0.1) is 12.6 Å². The van der Waals surface area contributed by atoms with Crippen LogP contribution in [-0.2, 0) is 14.9 Å². The summed E-state index contributed by atoms with van der Waals surface area (Å²) in [6.07, 6.45) is 5.35. The van der Waals surface area contributed by atoms with E-state index in [1.165, 1.54) is 6.42 Å². The first-order valence-electron chi connectivity index (χ1n) is 9.42.